The van der Waals surface area contributed by atoms with Crippen LogP contribution in [0.4, 0.5) is 15.3 Å². The zero-order chi connectivity index (χ0) is 32.2. The minimum atomic E-state index is -2.49. The third kappa shape index (κ3) is 7.05. The second-order valence-electron chi connectivity index (χ2n) is 11.3. The highest BCUT2D eigenvalue weighted by molar-refractivity contribution is 6.04. The average molecular weight is 590 g/mol. The van der Waals surface area contributed by atoms with Gasteiger partial charge in [-0.2, -0.15) is 15.0 Å². The van der Waals surface area contributed by atoms with E-state index in [0.717, 1.165) is 30.5 Å². The summed E-state index contributed by atoms with van der Waals surface area (Å²) in [5.74, 6) is -1.20. The van der Waals surface area contributed by atoms with Crippen molar-refractivity contribution in [3.05, 3.63) is 111 Å². The van der Waals surface area contributed by atoms with E-state index in [1.807, 2.05) is 6.07 Å². The molecule has 0 fully saturated rings. The van der Waals surface area contributed by atoms with Gasteiger partial charge in [-0.25, -0.2) is 9.59 Å². The molecule has 13 nitrogen and oxygen atoms in total. The third-order valence-corrected chi connectivity index (χ3v) is 5.72. The molecule has 1 aromatic heterocycles. The number of nitro benzene ring substituents is 1. The smallest absolute Gasteiger partial charge is 0.437 e. The number of benzene rings is 2. The number of nitro groups is 1. The van der Waals surface area contributed by atoms with Gasteiger partial charge in [-0.05, 0) is 59.7 Å². The molecular weight excluding hydrogens is 558 g/mol. The summed E-state index contributed by atoms with van der Waals surface area (Å²) in [5.41, 5.74) is -5.81. The summed E-state index contributed by atoms with van der Waals surface area (Å²) in [6.45, 7) is 9.17. The molecule has 2 aromatic carbocycles. The molecule has 3 aromatic rings. The topological polar surface area (TPSA) is 170 Å². The van der Waals surface area contributed by atoms with Crippen LogP contribution in [-0.4, -0.2) is 44.2 Å². The fraction of sp³-hybridized carbons (Fsp3) is 0.300. The van der Waals surface area contributed by atoms with Crippen LogP contribution in [0.15, 0.2) is 79.0 Å². The van der Waals surface area contributed by atoms with Crippen LogP contribution in [0, 0.1) is 26.7 Å². The Morgan fingerprint density at radius 1 is 0.837 bits per heavy atom. The number of pyridine rings is 1. The van der Waals surface area contributed by atoms with Crippen molar-refractivity contribution in [3.63, 3.8) is 0 Å². The van der Waals surface area contributed by atoms with Crippen LogP contribution in [0.1, 0.15) is 63.2 Å². The van der Waals surface area contributed by atoms with Gasteiger partial charge >= 0.3 is 12.2 Å². The van der Waals surface area contributed by atoms with E-state index in [1.54, 1.807) is 18.2 Å². The van der Waals surface area contributed by atoms with E-state index in [1.165, 1.54) is 71.9 Å². The van der Waals surface area contributed by atoms with Gasteiger partial charge in [0.25, 0.3) is 17.1 Å². The van der Waals surface area contributed by atoms with Gasteiger partial charge in [-0.3, -0.25) is 14.9 Å². The molecule has 0 bridgehead atoms. The van der Waals surface area contributed by atoms with Crippen molar-refractivity contribution in [1.82, 2.24) is 10.0 Å². The molecule has 1 atom stereocenters. The van der Waals surface area contributed by atoms with E-state index in [-0.39, 0.29) is 27.5 Å². The van der Waals surface area contributed by atoms with Crippen LogP contribution in [0.3, 0.4) is 0 Å². The Morgan fingerprint density at radius 2 is 1.37 bits per heavy atom. The van der Waals surface area contributed by atoms with Gasteiger partial charge in [0, 0.05) is 35.4 Å². The van der Waals surface area contributed by atoms with Gasteiger partial charge in [-0.1, -0.05) is 30.3 Å². The number of carbonyl (C=O) groups is 3. The Balaban J connectivity index is 2.46. The van der Waals surface area contributed by atoms with Crippen LogP contribution in [-0.2, 0) is 15.0 Å². The minimum Gasteiger partial charge on any atom is -0.618 e. The zero-order valence-corrected chi connectivity index (χ0v) is 24.5. The van der Waals surface area contributed by atoms with Crippen LogP contribution in [0.5, 0.6) is 0 Å². The number of amides is 3. The van der Waals surface area contributed by atoms with Crippen molar-refractivity contribution in [3.8, 4) is 6.07 Å². The number of nitriles is 1. The van der Waals surface area contributed by atoms with E-state index < -0.39 is 39.8 Å². The summed E-state index contributed by atoms with van der Waals surface area (Å²) in [6, 6.07) is 18.0. The van der Waals surface area contributed by atoms with E-state index in [0.29, 0.717) is 9.74 Å². The molecule has 1 heterocycles. The first kappa shape index (κ1) is 32.0. The lowest BCUT2D eigenvalue weighted by molar-refractivity contribution is -0.618. The first-order valence-electron chi connectivity index (χ1n) is 13.0. The van der Waals surface area contributed by atoms with Crippen molar-refractivity contribution >= 4 is 23.8 Å². The van der Waals surface area contributed by atoms with Crippen molar-refractivity contribution in [2.75, 3.05) is 0 Å². The molecule has 13 heteroatoms. The quantitative estimate of drug-likeness (QED) is 0.167. The maximum atomic E-state index is 14.2. The van der Waals surface area contributed by atoms with E-state index >= 15 is 0 Å². The van der Waals surface area contributed by atoms with Gasteiger partial charge in [0.15, 0.2) is 6.20 Å². The lowest BCUT2D eigenvalue weighted by Gasteiger charge is -2.42. The summed E-state index contributed by atoms with van der Waals surface area (Å²) in [4.78, 5) is 52.8. The molecular formula is C30H31N5O8. The van der Waals surface area contributed by atoms with Crippen LogP contribution in [0.25, 0.3) is 0 Å². The Bertz CT molecular complexity index is 1560. The summed E-state index contributed by atoms with van der Waals surface area (Å²) < 4.78 is 11.5. The number of imide groups is 1. The molecule has 224 valence electrons. The van der Waals surface area contributed by atoms with Crippen LogP contribution >= 0.6 is 0 Å². The fourth-order valence-corrected chi connectivity index (χ4v) is 4.02. The summed E-state index contributed by atoms with van der Waals surface area (Å²) in [5, 5.41) is 36.2. The molecule has 0 N–H and O–H groups in total. The van der Waals surface area contributed by atoms with E-state index in [4.69, 9.17) is 9.47 Å². The third-order valence-electron chi connectivity index (χ3n) is 5.72. The maximum absolute atomic E-state index is 14.2. The molecule has 43 heavy (non-hydrogen) atoms. The number of carbonyl (C=O) groups excluding carboxylic acids is 3. The van der Waals surface area contributed by atoms with Gasteiger partial charge in [-0.15, -0.1) is 5.01 Å². The molecule has 0 unspecified atom stereocenters. The fourth-order valence-electron chi connectivity index (χ4n) is 4.02. The van der Waals surface area contributed by atoms with Gasteiger partial charge in [0.2, 0.25) is 5.69 Å². The molecule has 0 radical (unpaired) electrons. The van der Waals surface area contributed by atoms with Crippen molar-refractivity contribution in [1.29, 1.82) is 5.26 Å². The van der Waals surface area contributed by atoms with E-state index in [2.05, 4.69) is 0 Å². The molecule has 3 rings (SSSR count). The number of aromatic nitrogens is 1. The maximum Gasteiger partial charge on any atom is 0.437 e. The number of hydrazine groups is 1. The number of hydrogen-bond acceptors (Lipinski definition) is 9. The predicted molar refractivity (Wildman–Crippen MR) is 152 cm³/mol. The molecule has 0 aliphatic heterocycles. The highest BCUT2D eigenvalue weighted by Gasteiger charge is 2.57. The predicted octanol–water partition coefficient (Wildman–Crippen LogP) is 5.22. The molecule has 0 saturated carbocycles. The number of ether oxygens (including phenoxy) is 2. The first-order valence-corrected chi connectivity index (χ1v) is 13.0. The molecule has 0 saturated heterocycles. The highest BCUT2D eigenvalue weighted by atomic mass is 16.6. The minimum absolute atomic E-state index is 0.0317. The Hall–Kier alpha value is -5.51. The Morgan fingerprint density at radius 3 is 1.86 bits per heavy atom. The summed E-state index contributed by atoms with van der Waals surface area (Å²) in [6.07, 6.45) is -1.64. The van der Waals surface area contributed by atoms with Gasteiger partial charge in [0.1, 0.15) is 17.3 Å². The monoisotopic (exact) mass is 589 g/mol. The number of rotatable bonds is 5. The second-order valence-corrected chi connectivity index (χ2v) is 11.3. The second kappa shape index (κ2) is 12.2. The summed E-state index contributed by atoms with van der Waals surface area (Å²) in [7, 11) is 0. The molecule has 0 aliphatic rings. The van der Waals surface area contributed by atoms with Crippen molar-refractivity contribution < 1.29 is 33.5 Å². The number of non-ortho nitro benzene ring substituents is 1. The van der Waals surface area contributed by atoms with Gasteiger partial charge in [0.05, 0.1) is 4.92 Å². The lowest BCUT2D eigenvalue weighted by Crippen LogP contribution is -2.65. The highest BCUT2D eigenvalue weighted by Crippen LogP contribution is 2.38. The largest absolute Gasteiger partial charge is 0.618 e. The SMILES string of the molecule is CC(C)(C)OC(=O)N(C(=O)c1ccc([N+](=O)[O-])cc1)N(C(=O)OC(C)(C)C)[C@@](C#N)(c1ccccc1)c1cccc[n+]1[O-]. The standard InChI is InChI=1S/C30H31N5O8/c1-28(2,3)42-26(37)33(25(36)21-15-17-23(18-16-21)35(40)41)34(27(38)43-29(4,5)6)30(20-31,22-12-8-7-9-13-22)24-14-10-11-19-32(24)39/h7-19H,1-6H3/t30-/m0/s1. The van der Waals surface area contributed by atoms with Crippen molar-refractivity contribution in [2.24, 2.45) is 0 Å². The Labute approximate surface area is 248 Å². The summed E-state index contributed by atoms with van der Waals surface area (Å²) >= 11 is 0. The van der Waals surface area contributed by atoms with Crippen LogP contribution < -0.4 is 4.73 Å². The van der Waals surface area contributed by atoms with Crippen molar-refractivity contribution in [2.45, 2.75) is 58.3 Å². The number of hydrogen-bond donors (Lipinski definition) is 0. The molecule has 0 aliphatic carbocycles. The average Bonchev–Trinajstić information content (AvgIpc) is 2.92. The normalized spacial score (nSPS) is 12.7. The molecule has 0 spiro atoms. The zero-order valence-electron chi connectivity index (χ0n) is 24.5. The lowest BCUT2D eigenvalue weighted by atomic mass is 9.86. The number of nitrogens with zero attached hydrogens (tertiary/aromatic N) is 5. The van der Waals surface area contributed by atoms with E-state index in [9.17, 15) is 35.0 Å². The van der Waals surface area contributed by atoms with Gasteiger partial charge < -0.3 is 14.7 Å². The molecule has 3 amide bonds. The first-order chi connectivity index (χ1) is 20.0. The Kier molecular flexibility index (Phi) is 9.05. The van der Waals surface area contributed by atoms with Crippen LogP contribution in [0.2, 0.25) is 0 Å².